The van der Waals surface area contributed by atoms with Crippen LogP contribution in [-0.2, 0) is 0 Å². The minimum atomic E-state index is -0.224. The third-order valence-corrected chi connectivity index (χ3v) is 6.32. The van der Waals surface area contributed by atoms with E-state index in [9.17, 15) is 4.39 Å². The summed E-state index contributed by atoms with van der Waals surface area (Å²) in [5.74, 6) is 2.23. The molecule has 2 aromatic carbocycles. The van der Waals surface area contributed by atoms with E-state index in [0.29, 0.717) is 18.7 Å². The number of hydrogen-bond donors (Lipinski definition) is 1. The molecule has 5 rings (SSSR count). The molecule has 0 aromatic heterocycles. The van der Waals surface area contributed by atoms with E-state index in [1.54, 1.807) is 12.1 Å². The third kappa shape index (κ3) is 3.99. The minimum absolute atomic E-state index is 0.224. The first-order valence-corrected chi connectivity index (χ1v) is 10.7. The summed E-state index contributed by atoms with van der Waals surface area (Å²) in [5.41, 5.74) is 2.43. The molecule has 3 heterocycles. The number of piperidine rings is 1. The van der Waals surface area contributed by atoms with Crippen molar-refractivity contribution < 1.29 is 13.9 Å². The second kappa shape index (κ2) is 8.11. The second-order valence-electron chi connectivity index (χ2n) is 8.19. The number of nitrogens with one attached hydrogen (secondary N) is 1. The van der Waals surface area contributed by atoms with Crippen molar-refractivity contribution in [3.8, 4) is 11.5 Å². The lowest BCUT2D eigenvalue weighted by Gasteiger charge is -2.37. The summed E-state index contributed by atoms with van der Waals surface area (Å²) in [6.07, 6.45) is 3.81. The number of rotatable bonds is 6. The Hall–Kier alpha value is -2.47. The van der Waals surface area contributed by atoms with Crippen molar-refractivity contribution in [2.24, 2.45) is 5.92 Å². The molecule has 0 aliphatic carbocycles. The van der Waals surface area contributed by atoms with Gasteiger partial charge < -0.3 is 19.7 Å². The molecule has 3 aliphatic rings. The highest BCUT2D eigenvalue weighted by Crippen LogP contribution is 2.44. The average Bonchev–Trinajstić information content (AvgIpc) is 3.10. The quantitative estimate of drug-likeness (QED) is 0.799. The van der Waals surface area contributed by atoms with E-state index in [0.717, 1.165) is 50.7 Å². The molecule has 0 saturated carbocycles. The molecule has 3 aliphatic heterocycles. The first-order valence-electron chi connectivity index (χ1n) is 10.7. The Morgan fingerprint density at radius 1 is 1.07 bits per heavy atom. The fraction of sp³-hybridized carbons (Fsp3) is 0.478. The van der Waals surface area contributed by atoms with E-state index >= 15 is 0 Å². The number of likely N-dealkylation sites (tertiary alicyclic amines) is 1. The van der Waals surface area contributed by atoms with E-state index in [-0.39, 0.29) is 5.82 Å². The van der Waals surface area contributed by atoms with Crippen LogP contribution in [0.2, 0.25) is 0 Å². The van der Waals surface area contributed by atoms with Gasteiger partial charge in [-0.15, -0.1) is 0 Å². The molecule has 1 saturated heterocycles. The van der Waals surface area contributed by atoms with Gasteiger partial charge in [-0.2, -0.15) is 0 Å². The van der Waals surface area contributed by atoms with Crippen molar-refractivity contribution in [2.75, 3.05) is 49.6 Å². The van der Waals surface area contributed by atoms with Gasteiger partial charge in [-0.25, -0.2) is 4.39 Å². The summed E-state index contributed by atoms with van der Waals surface area (Å²) >= 11 is 0. The Morgan fingerprint density at radius 2 is 1.90 bits per heavy atom. The second-order valence-corrected chi connectivity index (χ2v) is 8.19. The van der Waals surface area contributed by atoms with Gasteiger partial charge in [0.15, 0.2) is 0 Å². The van der Waals surface area contributed by atoms with E-state index in [1.165, 1.54) is 36.3 Å². The molecule has 29 heavy (non-hydrogen) atoms. The number of nitrogens with zero attached hydrogens (tertiary/aromatic N) is 2. The molecule has 0 radical (unpaired) electrons. The molecule has 0 spiro atoms. The lowest BCUT2D eigenvalue weighted by molar-refractivity contribution is 0.157. The van der Waals surface area contributed by atoms with Crippen LogP contribution in [0, 0.1) is 11.7 Å². The molecule has 1 fully saturated rings. The molecule has 154 valence electrons. The summed E-state index contributed by atoms with van der Waals surface area (Å²) in [6.45, 7) is 5.70. The van der Waals surface area contributed by atoms with Gasteiger partial charge >= 0.3 is 0 Å². The van der Waals surface area contributed by atoms with E-state index < -0.39 is 0 Å². The van der Waals surface area contributed by atoms with Crippen molar-refractivity contribution >= 4 is 11.4 Å². The predicted octanol–water partition coefficient (Wildman–Crippen LogP) is 3.96. The number of para-hydroxylation sites is 1. The molecule has 6 heteroatoms. The maximum absolute atomic E-state index is 13.0. The Bertz CT molecular complexity index is 837. The summed E-state index contributed by atoms with van der Waals surface area (Å²) in [5, 5.41) is 3.69. The van der Waals surface area contributed by atoms with Crippen LogP contribution in [0.3, 0.4) is 0 Å². The zero-order valence-corrected chi connectivity index (χ0v) is 16.6. The monoisotopic (exact) mass is 397 g/mol. The number of benzene rings is 2. The fourth-order valence-corrected chi connectivity index (χ4v) is 4.71. The number of anilines is 2. The molecular formula is C23H28FN3O2. The molecule has 2 aromatic rings. The van der Waals surface area contributed by atoms with Gasteiger partial charge in [0.05, 0.1) is 18.8 Å². The van der Waals surface area contributed by atoms with Gasteiger partial charge in [0.1, 0.15) is 35.8 Å². The van der Waals surface area contributed by atoms with Crippen molar-refractivity contribution in [3.63, 3.8) is 0 Å². The van der Waals surface area contributed by atoms with Crippen LogP contribution in [-0.4, -0.2) is 50.5 Å². The zero-order valence-electron chi connectivity index (χ0n) is 16.6. The van der Waals surface area contributed by atoms with Crippen LogP contribution in [0.4, 0.5) is 15.8 Å². The molecule has 1 N–H and O–H groups in total. The maximum atomic E-state index is 13.0. The Balaban J connectivity index is 1.08. The number of ether oxygens (including phenoxy) is 2. The fourth-order valence-electron chi connectivity index (χ4n) is 4.71. The Kier molecular flexibility index (Phi) is 5.19. The van der Waals surface area contributed by atoms with Crippen LogP contribution in [0.5, 0.6) is 11.5 Å². The minimum Gasteiger partial charge on any atom is -0.494 e. The summed E-state index contributed by atoms with van der Waals surface area (Å²) in [7, 11) is 0. The van der Waals surface area contributed by atoms with Gasteiger partial charge in [0.25, 0.3) is 0 Å². The smallest absolute Gasteiger partial charge is 0.144 e. The lowest BCUT2D eigenvalue weighted by atomic mass is 9.94. The average molecular weight is 397 g/mol. The lowest BCUT2D eigenvalue weighted by Crippen LogP contribution is -2.49. The van der Waals surface area contributed by atoms with Gasteiger partial charge in [-0.3, -0.25) is 4.90 Å². The number of hydrogen-bond acceptors (Lipinski definition) is 5. The normalized spacial score (nSPS) is 21.4. The largest absolute Gasteiger partial charge is 0.494 e. The first kappa shape index (κ1) is 18.6. The first-order chi connectivity index (χ1) is 14.3. The van der Waals surface area contributed by atoms with Crippen LogP contribution in [0.15, 0.2) is 42.5 Å². The van der Waals surface area contributed by atoms with Crippen molar-refractivity contribution in [1.82, 2.24) is 4.90 Å². The van der Waals surface area contributed by atoms with Gasteiger partial charge in [0, 0.05) is 6.54 Å². The van der Waals surface area contributed by atoms with Crippen LogP contribution >= 0.6 is 0 Å². The van der Waals surface area contributed by atoms with Gasteiger partial charge in [-0.1, -0.05) is 6.07 Å². The van der Waals surface area contributed by atoms with Crippen molar-refractivity contribution in [3.05, 3.63) is 48.3 Å². The summed E-state index contributed by atoms with van der Waals surface area (Å²) < 4.78 is 24.5. The van der Waals surface area contributed by atoms with Crippen LogP contribution in [0.25, 0.3) is 0 Å². The SMILES string of the molecule is Fc1ccc(OCCC2CCN(CC3Nc4cccc5c4N3CCO5)CC2)cc1. The molecule has 1 unspecified atom stereocenters. The predicted molar refractivity (Wildman–Crippen MR) is 112 cm³/mol. The van der Waals surface area contributed by atoms with Crippen molar-refractivity contribution in [2.45, 2.75) is 25.4 Å². The topological polar surface area (TPSA) is 37.0 Å². The van der Waals surface area contributed by atoms with E-state index in [1.807, 2.05) is 0 Å². The van der Waals surface area contributed by atoms with Crippen LogP contribution < -0.4 is 19.7 Å². The molecule has 0 bridgehead atoms. The summed E-state index contributed by atoms with van der Waals surface area (Å²) in [6, 6.07) is 12.6. The Morgan fingerprint density at radius 3 is 2.72 bits per heavy atom. The highest BCUT2D eigenvalue weighted by Gasteiger charge is 2.35. The van der Waals surface area contributed by atoms with Crippen LogP contribution in [0.1, 0.15) is 19.3 Å². The Labute approximate surface area is 171 Å². The summed E-state index contributed by atoms with van der Waals surface area (Å²) in [4.78, 5) is 5.05. The standard InChI is InChI=1S/C23H28FN3O2/c24-18-4-6-19(7-5-18)28-14-10-17-8-11-26(12-9-17)16-22-25-20-2-1-3-21-23(20)27(22)13-15-29-21/h1-7,17,22,25H,8-16H2. The molecule has 5 nitrogen and oxygen atoms in total. The van der Waals surface area contributed by atoms with E-state index in [4.69, 9.17) is 9.47 Å². The third-order valence-electron chi connectivity index (χ3n) is 6.32. The molecule has 1 atom stereocenters. The molecule has 0 amide bonds. The maximum Gasteiger partial charge on any atom is 0.144 e. The van der Waals surface area contributed by atoms with Crippen molar-refractivity contribution in [1.29, 1.82) is 0 Å². The van der Waals surface area contributed by atoms with Gasteiger partial charge in [-0.05, 0) is 74.7 Å². The zero-order chi connectivity index (χ0) is 19.6. The molecular weight excluding hydrogens is 369 g/mol. The van der Waals surface area contributed by atoms with E-state index in [2.05, 4.69) is 33.3 Å². The van der Waals surface area contributed by atoms with Gasteiger partial charge in [0.2, 0.25) is 0 Å². The highest BCUT2D eigenvalue weighted by atomic mass is 19.1. The highest BCUT2D eigenvalue weighted by molar-refractivity contribution is 5.82. The number of halogens is 1.